The van der Waals surface area contributed by atoms with E-state index in [1.54, 1.807) is 6.07 Å². The number of rotatable bonds is 5. The van der Waals surface area contributed by atoms with Gasteiger partial charge in [-0.05, 0) is 18.9 Å². The predicted octanol–water partition coefficient (Wildman–Crippen LogP) is 3.22. The van der Waals surface area contributed by atoms with E-state index >= 15 is 0 Å². The van der Waals surface area contributed by atoms with Crippen LogP contribution in [-0.4, -0.2) is 7.11 Å². The lowest BCUT2D eigenvalue weighted by molar-refractivity contribution is 0.401. The minimum Gasteiger partial charge on any atom is -0.496 e. The molecule has 1 atom stereocenters. The second-order valence-electron chi connectivity index (χ2n) is 3.36. The van der Waals surface area contributed by atoms with Crippen LogP contribution in [0.15, 0.2) is 30.9 Å². The smallest absolute Gasteiger partial charge is 0.126 e. The average molecular weight is 246 g/mol. The van der Waals surface area contributed by atoms with Crippen LogP contribution in [-0.2, 0) is 0 Å². The Morgan fingerprint density at radius 3 is 2.81 bits per heavy atom. The standard InChI is InChI=1S/C12H16FNO.ClH/c1-3-4-5-11(14)10-7-6-9(13)8-12(10)15-2;/h3,6-8,11H,1,4-5,14H2,2H3;1H/t11-;/m1./s1. The van der Waals surface area contributed by atoms with Gasteiger partial charge in [-0.2, -0.15) is 0 Å². The lowest BCUT2D eigenvalue weighted by Gasteiger charge is -2.14. The molecule has 0 fully saturated rings. The van der Waals surface area contributed by atoms with Gasteiger partial charge in [0.2, 0.25) is 0 Å². The Hall–Kier alpha value is -1.06. The number of benzene rings is 1. The summed E-state index contributed by atoms with van der Waals surface area (Å²) in [6.07, 6.45) is 3.43. The summed E-state index contributed by atoms with van der Waals surface area (Å²) in [5, 5.41) is 0. The number of methoxy groups -OCH3 is 1. The third-order valence-corrected chi connectivity index (χ3v) is 2.28. The van der Waals surface area contributed by atoms with E-state index in [9.17, 15) is 4.39 Å². The molecule has 0 bridgehead atoms. The van der Waals surface area contributed by atoms with Crippen molar-refractivity contribution in [3.63, 3.8) is 0 Å². The van der Waals surface area contributed by atoms with Crippen LogP contribution in [0.4, 0.5) is 4.39 Å². The monoisotopic (exact) mass is 245 g/mol. The van der Waals surface area contributed by atoms with Gasteiger partial charge in [-0.25, -0.2) is 4.39 Å². The third-order valence-electron chi connectivity index (χ3n) is 2.28. The molecule has 0 aromatic heterocycles. The molecule has 90 valence electrons. The first-order chi connectivity index (χ1) is 7.19. The highest BCUT2D eigenvalue weighted by molar-refractivity contribution is 5.85. The molecule has 0 heterocycles. The predicted molar refractivity (Wildman–Crippen MR) is 66.6 cm³/mol. The minimum atomic E-state index is -0.313. The van der Waals surface area contributed by atoms with Gasteiger partial charge in [-0.1, -0.05) is 12.1 Å². The highest BCUT2D eigenvalue weighted by Gasteiger charge is 2.11. The van der Waals surface area contributed by atoms with Crippen molar-refractivity contribution >= 4 is 12.4 Å². The van der Waals surface area contributed by atoms with Crippen molar-refractivity contribution in [3.8, 4) is 5.75 Å². The maximum atomic E-state index is 12.9. The number of nitrogens with two attached hydrogens (primary N) is 1. The first-order valence-corrected chi connectivity index (χ1v) is 4.89. The summed E-state index contributed by atoms with van der Waals surface area (Å²) in [5.41, 5.74) is 6.79. The maximum absolute atomic E-state index is 12.9. The van der Waals surface area contributed by atoms with Gasteiger partial charge in [-0.3, -0.25) is 0 Å². The first kappa shape index (κ1) is 14.9. The lowest BCUT2D eigenvalue weighted by Crippen LogP contribution is -2.11. The average Bonchev–Trinajstić information content (AvgIpc) is 2.25. The van der Waals surface area contributed by atoms with E-state index in [2.05, 4.69) is 6.58 Å². The molecule has 2 nitrogen and oxygen atoms in total. The fourth-order valence-corrected chi connectivity index (χ4v) is 1.44. The Balaban J connectivity index is 0.00000225. The van der Waals surface area contributed by atoms with Crippen LogP contribution in [0.2, 0.25) is 0 Å². The Bertz CT molecular complexity index is 344. The molecule has 1 aromatic rings. The van der Waals surface area contributed by atoms with Gasteiger partial charge in [0.05, 0.1) is 7.11 Å². The normalized spacial score (nSPS) is 11.4. The van der Waals surface area contributed by atoms with E-state index in [1.165, 1.54) is 19.2 Å². The van der Waals surface area contributed by atoms with E-state index in [1.807, 2.05) is 6.08 Å². The van der Waals surface area contributed by atoms with E-state index < -0.39 is 0 Å². The zero-order valence-electron chi connectivity index (χ0n) is 9.28. The van der Waals surface area contributed by atoms with Crippen molar-refractivity contribution in [1.29, 1.82) is 0 Å². The van der Waals surface area contributed by atoms with E-state index in [4.69, 9.17) is 10.5 Å². The molecule has 0 aliphatic heterocycles. The molecule has 1 rings (SSSR count). The molecule has 0 spiro atoms. The van der Waals surface area contributed by atoms with Gasteiger partial charge in [0.1, 0.15) is 11.6 Å². The molecule has 0 amide bonds. The number of ether oxygens (including phenoxy) is 1. The Labute approximate surface area is 102 Å². The van der Waals surface area contributed by atoms with E-state index in [-0.39, 0.29) is 24.3 Å². The van der Waals surface area contributed by atoms with Crippen LogP contribution >= 0.6 is 12.4 Å². The van der Waals surface area contributed by atoms with Crippen molar-refractivity contribution in [2.45, 2.75) is 18.9 Å². The van der Waals surface area contributed by atoms with Crippen molar-refractivity contribution < 1.29 is 9.13 Å². The van der Waals surface area contributed by atoms with Crippen LogP contribution in [0.3, 0.4) is 0 Å². The van der Waals surface area contributed by atoms with Gasteiger partial charge in [-0.15, -0.1) is 19.0 Å². The molecule has 0 unspecified atom stereocenters. The van der Waals surface area contributed by atoms with E-state index in [0.717, 1.165) is 18.4 Å². The number of hydrogen-bond acceptors (Lipinski definition) is 2. The molecule has 1 aromatic carbocycles. The first-order valence-electron chi connectivity index (χ1n) is 4.89. The molecule has 2 N–H and O–H groups in total. The summed E-state index contributed by atoms with van der Waals surface area (Å²) >= 11 is 0. The summed E-state index contributed by atoms with van der Waals surface area (Å²) in [7, 11) is 1.51. The fraction of sp³-hybridized carbons (Fsp3) is 0.333. The van der Waals surface area contributed by atoms with Crippen molar-refractivity contribution in [1.82, 2.24) is 0 Å². The molecular weight excluding hydrogens is 229 g/mol. The Kier molecular flexibility index (Phi) is 6.77. The summed E-state index contributed by atoms with van der Waals surface area (Å²) in [5.74, 6) is 0.193. The number of hydrogen-bond donors (Lipinski definition) is 1. The number of allylic oxidation sites excluding steroid dienone is 1. The quantitative estimate of drug-likeness (QED) is 0.809. The van der Waals surface area contributed by atoms with Crippen molar-refractivity contribution in [2.75, 3.05) is 7.11 Å². The van der Waals surface area contributed by atoms with Gasteiger partial charge >= 0.3 is 0 Å². The second-order valence-corrected chi connectivity index (χ2v) is 3.36. The van der Waals surface area contributed by atoms with Crippen LogP contribution in [0.25, 0.3) is 0 Å². The van der Waals surface area contributed by atoms with Gasteiger partial charge in [0.15, 0.2) is 0 Å². The molecule has 0 radical (unpaired) electrons. The Morgan fingerprint density at radius 1 is 1.56 bits per heavy atom. The molecule has 16 heavy (non-hydrogen) atoms. The van der Waals surface area contributed by atoms with Crippen molar-refractivity contribution in [2.24, 2.45) is 5.73 Å². The topological polar surface area (TPSA) is 35.2 Å². The zero-order chi connectivity index (χ0) is 11.3. The lowest BCUT2D eigenvalue weighted by atomic mass is 10.0. The van der Waals surface area contributed by atoms with Crippen LogP contribution in [0, 0.1) is 5.82 Å². The SMILES string of the molecule is C=CCC[C@@H](N)c1ccc(F)cc1OC.Cl. The molecule has 0 aliphatic carbocycles. The van der Waals surface area contributed by atoms with E-state index in [0.29, 0.717) is 5.75 Å². The van der Waals surface area contributed by atoms with Gasteiger partial charge in [0.25, 0.3) is 0 Å². The Morgan fingerprint density at radius 2 is 2.25 bits per heavy atom. The summed E-state index contributed by atoms with van der Waals surface area (Å²) in [4.78, 5) is 0. The van der Waals surface area contributed by atoms with Crippen LogP contribution in [0.5, 0.6) is 5.75 Å². The minimum absolute atomic E-state index is 0. The second kappa shape index (κ2) is 7.25. The maximum Gasteiger partial charge on any atom is 0.126 e. The highest BCUT2D eigenvalue weighted by atomic mass is 35.5. The summed E-state index contributed by atoms with van der Waals surface area (Å²) in [6, 6.07) is 4.27. The largest absolute Gasteiger partial charge is 0.496 e. The van der Waals surface area contributed by atoms with Crippen LogP contribution < -0.4 is 10.5 Å². The summed E-state index contributed by atoms with van der Waals surface area (Å²) < 4.78 is 18.0. The van der Waals surface area contributed by atoms with Gasteiger partial charge in [0, 0.05) is 17.7 Å². The van der Waals surface area contributed by atoms with Crippen molar-refractivity contribution in [3.05, 3.63) is 42.2 Å². The molecule has 0 saturated heterocycles. The van der Waals surface area contributed by atoms with Gasteiger partial charge < -0.3 is 10.5 Å². The molecule has 0 aliphatic rings. The molecule has 4 heteroatoms. The fourth-order valence-electron chi connectivity index (χ4n) is 1.44. The molecule has 0 saturated carbocycles. The van der Waals surface area contributed by atoms with Crippen LogP contribution in [0.1, 0.15) is 24.4 Å². The highest BCUT2D eigenvalue weighted by Crippen LogP contribution is 2.27. The third kappa shape index (κ3) is 3.83. The summed E-state index contributed by atoms with van der Waals surface area (Å²) in [6.45, 7) is 3.64. The number of halogens is 2. The zero-order valence-corrected chi connectivity index (χ0v) is 10.1. The molecular formula is C12H17ClFNO.